The Kier molecular flexibility index (Phi) is 41.9. The SMILES string of the molecule is CCOP(=O)(CCN(CCO)CP(=O)(OC(C)C)OC(C)C)OCC.CCOP(=O)(CCN(CCn1cnc2c(=O)[nH]cnc21)CP(C)(C)=O)OCC.CCOP(=O)(CCN(CCn1cnc2c(Cl)ncnc21)CP(C)(C)=O)OCC.O=c1[nH]cnc2c1ncn2CCN(CCP(=O)(O)O)CP(=O)(O)O. The highest BCUT2D eigenvalue weighted by atomic mass is 35.5. The summed E-state index contributed by atoms with van der Waals surface area (Å²) in [5.41, 5.74) is 1.71. The number of hydrogen-bond acceptors (Lipinski definition) is 30. The fourth-order valence-corrected chi connectivity index (χ4v) is 21.2. The molecule has 0 aromatic carbocycles. The quantitative estimate of drug-likeness (QED) is 0.0140. The van der Waals surface area contributed by atoms with Crippen LogP contribution in [0.2, 0.25) is 5.15 Å². The Morgan fingerprint density at radius 3 is 1.07 bits per heavy atom. The van der Waals surface area contributed by atoms with Crippen molar-refractivity contribution in [1.29, 1.82) is 0 Å². The Bertz CT molecular complexity index is 4060. The van der Waals surface area contributed by atoms with Gasteiger partial charge >= 0.3 is 45.6 Å². The van der Waals surface area contributed by atoms with E-state index < -0.39 is 77.9 Å². The smallest absolute Gasteiger partial charge is 0.345 e. The molecule has 0 radical (unpaired) electrons. The van der Waals surface area contributed by atoms with Crippen molar-refractivity contribution in [3.8, 4) is 0 Å². The van der Waals surface area contributed by atoms with Crippen molar-refractivity contribution in [3.63, 3.8) is 0 Å². The van der Waals surface area contributed by atoms with Crippen LogP contribution in [0.15, 0.2) is 47.6 Å². The molecule has 0 saturated heterocycles. The second-order valence-electron chi connectivity index (χ2n) is 24.8. The number of halogens is 1. The lowest BCUT2D eigenvalue weighted by Crippen LogP contribution is -2.32. The van der Waals surface area contributed by atoms with E-state index in [0.29, 0.717) is 106 Å². The molecule has 6 rings (SSSR count). The van der Waals surface area contributed by atoms with Crippen molar-refractivity contribution in [2.24, 2.45) is 0 Å². The van der Waals surface area contributed by atoms with Crippen molar-refractivity contribution in [2.45, 2.75) is 101 Å². The van der Waals surface area contributed by atoms with Gasteiger partial charge in [0.1, 0.15) is 24.4 Å². The largest absolute Gasteiger partial charge is 0.395 e. The van der Waals surface area contributed by atoms with Gasteiger partial charge in [-0.1, -0.05) is 11.6 Å². The van der Waals surface area contributed by atoms with Gasteiger partial charge in [-0.05, 0) is 95.9 Å². The fourth-order valence-electron chi connectivity index (χ4n) is 9.97. The molecular weight excluding hydrogens is 1560 g/mol. The predicted molar refractivity (Wildman–Crippen MR) is 405 cm³/mol. The summed E-state index contributed by atoms with van der Waals surface area (Å²) >= 11 is 6.05. The molecule has 0 unspecified atom stereocenters. The zero-order valence-corrected chi connectivity index (χ0v) is 70.2. The van der Waals surface area contributed by atoms with Gasteiger partial charge in [0.2, 0.25) is 0 Å². The number of aromatic amines is 2. The van der Waals surface area contributed by atoms with E-state index in [1.54, 1.807) is 118 Å². The number of nitrogens with zero attached hydrogens (tertiary/aromatic N) is 14. The first kappa shape index (κ1) is 95.9. The van der Waals surface area contributed by atoms with E-state index in [0.717, 1.165) is 0 Å². The molecular formula is C57H109ClN16O23P8. The molecule has 48 heteroatoms. The van der Waals surface area contributed by atoms with Gasteiger partial charge < -0.3 is 93.7 Å². The number of aromatic nitrogens is 12. The number of H-pyrrole nitrogens is 2. The maximum absolute atomic E-state index is 13.0. The number of imidazole rings is 3. The highest BCUT2D eigenvalue weighted by Gasteiger charge is 2.34. The predicted octanol–water partition coefficient (Wildman–Crippen LogP) is 8.18. The molecule has 6 heterocycles. The topological polar surface area (TPSA) is 495 Å². The van der Waals surface area contributed by atoms with Crippen LogP contribution in [-0.2, 0) is 92.3 Å². The highest BCUT2D eigenvalue weighted by molar-refractivity contribution is 7.62. The van der Waals surface area contributed by atoms with Crippen LogP contribution in [0.5, 0.6) is 0 Å². The number of nitrogens with one attached hydrogen (secondary N) is 2. The monoisotopic (exact) mass is 1670 g/mol. The minimum atomic E-state index is -4.39. The summed E-state index contributed by atoms with van der Waals surface area (Å²) in [7, 11) is -26.3. The minimum absolute atomic E-state index is 0.00215. The Morgan fingerprint density at radius 2 is 0.752 bits per heavy atom. The third-order valence-electron chi connectivity index (χ3n) is 13.9. The fraction of sp³-hybridized carbons (Fsp3) is 0.737. The van der Waals surface area contributed by atoms with Gasteiger partial charge in [0.25, 0.3) is 11.1 Å². The average Bonchev–Trinajstić information content (AvgIpc) is 1.70. The van der Waals surface area contributed by atoms with Crippen molar-refractivity contribution in [2.75, 3.05) is 175 Å². The van der Waals surface area contributed by atoms with Gasteiger partial charge in [-0.2, -0.15) is 0 Å². The molecule has 7 N–H and O–H groups in total. The lowest BCUT2D eigenvalue weighted by molar-refractivity contribution is 0.126. The summed E-state index contributed by atoms with van der Waals surface area (Å²) < 4.78 is 146. The van der Waals surface area contributed by atoms with Crippen molar-refractivity contribution < 1.29 is 97.4 Å². The van der Waals surface area contributed by atoms with Gasteiger partial charge in [-0.15, -0.1) is 0 Å². The molecule has 0 atom stereocenters. The lowest BCUT2D eigenvalue weighted by Gasteiger charge is -2.29. The molecule has 39 nitrogen and oxygen atoms in total. The van der Waals surface area contributed by atoms with E-state index in [1.807, 2.05) is 14.4 Å². The Balaban J connectivity index is 0.000000364. The van der Waals surface area contributed by atoms with Gasteiger partial charge in [0.05, 0.1) is 142 Å². The molecule has 0 spiro atoms. The van der Waals surface area contributed by atoms with Gasteiger partial charge in [-0.25, -0.2) is 34.9 Å². The molecule has 6 aromatic rings. The summed E-state index contributed by atoms with van der Waals surface area (Å²) in [4.78, 5) is 99.7. The third-order valence-corrected chi connectivity index (χ3v) is 26.2. The average molecular weight is 1670 g/mol. The standard InChI is InChI=1S/C16H28ClN5O4P2.C16H29N5O5P2.C15H35NO7P2.C10H17N5O7P2/c1-5-25-28(24,26-6-2)10-9-21(13-27(3,4)23)7-8-22-12-20-14-15(17)18-11-19-16(14)22;1-5-25-28(24,26-6-2)10-9-20(13-27(3,4)23)7-8-21-12-19-14-15(21)17-11-18-16(14)22;1-7-20-24(18,21-8-2)12-10-16(9-11-17)13-25(19,22-14(3)4)23-15(5)6;16-10-8-9(11-5-12-10)15(6-13-8)2-1-14(7-24(20,21)22)3-4-23(17,18)19/h11-12H,5-10,13H2,1-4H3;11-12H,5-10,13H2,1-4H3,(H,17,18,22);14-15,17H,7-13H2,1-6H3;5-6H,1-4,7H2,(H,11,12,16)(H2,17,18,19)(H2,20,21,22). The summed E-state index contributed by atoms with van der Waals surface area (Å²) in [6.45, 7) is 30.0. The molecule has 0 bridgehead atoms. The molecule has 105 heavy (non-hydrogen) atoms. The number of rotatable bonds is 47. The van der Waals surface area contributed by atoms with Crippen LogP contribution in [0.1, 0.15) is 69.2 Å². The second-order valence-corrected chi connectivity index (χ2v) is 43.9. The minimum Gasteiger partial charge on any atom is -0.395 e. The Labute approximate surface area is 617 Å². The molecule has 0 saturated carbocycles. The Morgan fingerprint density at radius 1 is 0.429 bits per heavy atom. The van der Waals surface area contributed by atoms with Gasteiger partial charge in [0.15, 0.2) is 33.1 Å². The van der Waals surface area contributed by atoms with Crippen LogP contribution in [0.4, 0.5) is 0 Å². The van der Waals surface area contributed by atoms with E-state index in [4.69, 9.17) is 67.4 Å². The summed E-state index contributed by atoms with van der Waals surface area (Å²) in [6, 6.07) is 0. The van der Waals surface area contributed by atoms with E-state index >= 15 is 0 Å². The van der Waals surface area contributed by atoms with Crippen molar-refractivity contribution in [1.82, 2.24) is 78.2 Å². The van der Waals surface area contributed by atoms with E-state index in [2.05, 4.69) is 44.9 Å². The number of aliphatic hydroxyl groups excluding tert-OH is 1. The molecule has 0 aliphatic heterocycles. The van der Waals surface area contributed by atoms with Crippen LogP contribution < -0.4 is 11.1 Å². The van der Waals surface area contributed by atoms with Gasteiger partial charge in [-0.3, -0.25) is 56.6 Å². The molecule has 0 fully saturated rings. The third kappa shape index (κ3) is 37.5. The summed E-state index contributed by atoms with van der Waals surface area (Å²) in [5, 5.41) is 9.60. The summed E-state index contributed by atoms with van der Waals surface area (Å²) in [6.07, 6.45) is 8.25. The zero-order valence-electron chi connectivity index (χ0n) is 62.3. The molecule has 0 amide bonds. The van der Waals surface area contributed by atoms with Crippen LogP contribution >= 0.6 is 71.5 Å². The van der Waals surface area contributed by atoms with E-state index in [-0.39, 0.29) is 106 Å². The molecule has 0 aliphatic rings. The van der Waals surface area contributed by atoms with Crippen LogP contribution in [-0.4, -0.2) is 290 Å². The Hall–Kier alpha value is -3.30. The first-order chi connectivity index (χ1) is 49.0. The lowest BCUT2D eigenvalue weighted by atomic mass is 10.5. The number of aliphatic hydroxyl groups is 1. The van der Waals surface area contributed by atoms with Crippen molar-refractivity contribution in [3.05, 3.63) is 63.8 Å². The molecule has 6 aromatic heterocycles. The number of fused-ring (bicyclic) bond motifs is 3. The van der Waals surface area contributed by atoms with Crippen LogP contribution in [0.25, 0.3) is 33.5 Å². The first-order valence-corrected chi connectivity index (χ1v) is 50.3. The number of hydrogen-bond donors (Lipinski definition) is 7. The highest BCUT2D eigenvalue weighted by Crippen LogP contribution is 2.53. The molecule has 0 aliphatic carbocycles. The van der Waals surface area contributed by atoms with Crippen molar-refractivity contribution >= 4 is 105 Å². The maximum atomic E-state index is 13.0. The molecule has 602 valence electrons. The maximum Gasteiger partial charge on any atom is 0.345 e. The summed E-state index contributed by atoms with van der Waals surface area (Å²) in [5.74, 6) is 0. The van der Waals surface area contributed by atoms with Gasteiger partial charge in [0, 0.05) is 72.0 Å². The second kappa shape index (κ2) is 45.9. The van der Waals surface area contributed by atoms with E-state index in [1.165, 1.54) is 34.8 Å². The van der Waals surface area contributed by atoms with Crippen LogP contribution in [0, 0.1) is 0 Å². The first-order valence-electron chi connectivity index (χ1n) is 33.8. The zero-order chi connectivity index (χ0) is 79.0. The van der Waals surface area contributed by atoms with E-state index in [9.17, 15) is 51.2 Å². The normalized spacial score (nSPS) is 13.0. The van der Waals surface area contributed by atoms with Crippen LogP contribution in [0.3, 0.4) is 0 Å².